The van der Waals surface area contributed by atoms with E-state index in [-0.39, 0.29) is 36.8 Å². The number of amides is 3. The van der Waals surface area contributed by atoms with Crippen molar-refractivity contribution >= 4 is 17.9 Å². The highest BCUT2D eigenvalue weighted by molar-refractivity contribution is 5.95. The van der Waals surface area contributed by atoms with Gasteiger partial charge in [-0.2, -0.15) is 0 Å². The van der Waals surface area contributed by atoms with E-state index in [9.17, 15) is 14.4 Å². The van der Waals surface area contributed by atoms with Crippen LogP contribution in [0.2, 0.25) is 0 Å². The monoisotopic (exact) mass is 496 g/mol. The van der Waals surface area contributed by atoms with Crippen molar-refractivity contribution in [2.45, 2.75) is 52.5 Å². The van der Waals surface area contributed by atoms with E-state index in [0.717, 1.165) is 22.7 Å². The summed E-state index contributed by atoms with van der Waals surface area (Å²) in [6.45, 7) is 8.17. The highest BCUT2D eigenvalue weighted by Gasteiger charge is 2.28. The molecule has 0 unspecified atom stereocenters. The van der Waals surface area contributed by atoms with E-state index in [1.165, 1.54) is 0 Å². The number of nitrogens with one attached hydrogen (secondary N) is 2. The maximum Gasteiger partial charge on any atom is 0.317 e. The Morgan fingerprint density at radius 3 is 2.50 bits per heavy atom. The number of carbonyl (C=O) groups is 3. The van der Waals surface area contributed by atoms with Crippen molar-refractivity contribution in [3.05, 3.63) is 58.9 Å². The number of rotatable bonds is 10. The molecule has 2 heterocycles. The third kappa shape index (κ3) is 7.44. The summed E-state index contributed by atoms with van der Waals surface area (Å²) in [6, 6.07) is 11.1. The lowest BCUT2D eigenvalue weighted by Crippen LogP contribution is -2.44. The van der Waals surface area contributed by atoms with Gasteiger partial charge in [0.15, 0.2) is 0 Å². The third-order valence-corrected chi connectivity index (χ3v) is 6.10. The molecular formula is C27H36N4O5. The molecule has 36 heavy (non-hydrogen) atoms. The van der Waals surface area contributed by atoms with Crippen LogP contribution in [-0.2, 0) is 16.1 Å². The molecule has 0 aliphatic carbocycles. The van der Waals surface area contributed by atoms with Gasteiger partial charge in [-0.1, -0.05) is 18.2 Å². The number of urea groups is 1. The van der Waals surface area contributed by atoms with Gasteiger partial charge >= 0.3 is 12.0 Å². The second-order valence-electron chi connectivity index (χ2n) is 8.66. The Morgan fingerprint density at radius 2 is 1.78 bits per heavy atom. The SMILES string of the molecule is CCOC(=O)CCNC(=O)N1CCC(c2nc(C)ccc2C(=O)NCc2ccccc2OCC)CC1. The maximum absolute atomic E-state index is 13.2. The largest absolute Gasteiger partial charge is 0.494 e. The van der Waals surface area contributed by atoms with Crippen LogP contribution in [0.4, 0.5) is 4.79 Å². The van der Waals surface area contributed by atoms with Crippen LogP contribution in [0.1, 0.15) is 66.3 Å². The third-order valence-electron chi connectivity index (χ3n) is 6.10. The first-order valence-corrected chi connectivity index (χ1v) is 12.6. The first kappa shape index (κ1) is 27.0. The van der Waals surface area contributed by atoms with Gasteiger partial charge in [-0.15, -0.1) is 0 Å². The van der Waals surface area contributed by atoms with Crippen LogP contribution in [0.25, 0.3) is 0 Å². The molecule has 9 heteroatoms. The fourth-order valence-electron chi connectivity index (χ4n) is 4.27. The molecule has 0 radical (unpaired) electrons. The lowest BCUT2D eigenvalue weighted by atomic mass is 9.90. The summed E-state index contributed by atoms with van der Waals surface area (Å²) < 4.78 is 10.5. The van der Waals surface area contributed by atoms with Gasteiger partial charge in [-0.3, -0.25) is 14.6 Å². The molecule has 1 aliphatic heterocycles. The average Bonchev–Trinajstić information content (AvgIpc) is 2.88. The topological polar surface area (TPSA) is 110 Å². The number of hydrogen-bond donors (Lipinski definition) is 2. The highest BCUT2D eigenvalue weighted by Crippen LogP contribution is 2.29. The molecule has 9 nitrogen and oxygen atoms in total. The molecular weight excluding hydrogens is 460 g/mol. The lowest BCUT2D eigenvalue weighted by molar-refractivity contribution is -0.142. The predicted molar refractivity (Wildman–Crippen MR) is 136 cm³/mol. The number of nitrogens with zero attached hydrogens (tertiary/aromatic N) is 2. The van der Waals surface area contributed by atoms with E-state index in [1.54, 1.807) is 11.8 Å². The summed E-state index contributed by atoms with van der Waals surface area (Å²) in [5.74, 6) is 0.331. The molecule has 2 aromatic rings. The van der Waals surface area contributed by atoms with E-state index >= 15 is 0 Å². The van der Waals surface area contributed by atoms with Crippen molar-refractivity contribution in [3.63, 3.8) is 0 Å². The van der Waals surface area contributed by atoms with Crippen molar-refractivity contribution in [2.75, 3.05) is 32.8 Å². The van der Waals surface area contributed by atoms with Crippen molar-refractivity contribution in [3.8, 4) is 5.75 Å². The minimum Gasteiger partial charge on any atom is -0.494 e. The number of likely N-dealkylation sites (tertiary alicyclic amines) is 1. The van der Waals surface area contributed by atoms with Gasteiger partial charge in [0.05, 0.1) is 30.9 Å². The molecule has 1 aromatic heterocycles. The standard InChI is InChI=1S/C27H36N4O5/c1-4-35-23-9-7-6-8-21(23)18-29-26(33)22-11-10-19(3)30-25(22)20-13-16-31(17-14-20)27(34)28-15-12-24(32)36-5-2/h6-11,20H,4-5,12-18H2,1-3H3,(H,28,34)(H,29,33). The fourth-order valence-corrected chi connectivity index (χ4v) is 4.27. The van der Waals surface area contributed by atoms with E-state index in [0.29, 0.717) is 51.3 Å². The normalized spacial score (nSPS) is 13.7. The van der Waals surface area contributed by atoms with Crippen molar-refractivity contribution in [1.29, 1.82) is 0 Å². The maximum atomic E-state index is 13.2. The van der Waals surface area contributed by atoms with Gasteiger partial charge < -0.3 is 25.0 Å². The quantitative estimate of drug-likeness (QED) is 0.487. The zero-order valence-corrected chi connectivity index (χ0v) is 21.3. The zero-order chi connectivity index (χ0) is 25.9. The molecule has 1 aromatic carbocycles. The van der Waals surface area contributed by atoms with Crippen molar-refractivity contribution < 1.29 is 23.9 Å². The number of piperidine rings is 1. The molecule has 3 amide bonds. The minimum absolute atomic E-state index is 0.0740. The van der Waals surface area contributed by atoms with Gasteiger partial charge in [-0.05, 0) is 51.8 Å². The average molecular weight is 497 g/mol. The first-order chi connectivity index (χ1) is 17.4. The Balaban J connectivity index is 1.59. The van der Waals surface area contributed by atoms with E-state index in [2.05, 4.69) is 10.6 Å². The number of benzene rings is 1. The Morgan fingerprint density at radius 1 is 1.03 bits per heavy atom. The summed E-state index contributed by atoms with van der Waals surface area (Å²) in [7, 11) is 0. The molecule has 1 fully saturated rings. The predicted octanol–water partition coefficient (Wildman–Crippen LogP) is 3.56. The van der Waals surface area contributed by atoms with Gasteiger partial charge in [0, 0.05) is 43.4 Å². The highest BCUT2D eigenvalue weighted by atomic mass is 16.5. The van der Waals surface area contributed by atoms with Crippen LogP contribution in [-0.4, -0.2) is 60.6 Å². The molecule has 0 spiro atoms. The second-order valence-corrected chi connectivity index (χ2v) is 8.66. The Kier molecular flexibility index (Phi) is 10.1. The van der Waals surface area contributed by atoms with Gasteiger partial charge in [0.2, 0.25) is 0 Å². The Labute approximate surface area is 212 Å². The molecule has 3 rings (SSSR count). The van der Waals surface area contributed by atoms with Crippen LogP contribution in [0.5, 0.6) is 5.75 Å². The molecule has 1 saturated heterocycles. The van der Waals surface area contributed by atoms with Crippen LogP contribution >= 0.6 is 0 Å². The summed E-state index contributed by atoms with van der Waals surface area (Å²) >= 11 is 0. The summed E-state index contributed by atoms with van der Waals surface area (Å²) in [5, 5.41) is 5.79. The van der Waals surface area contributed by atoms with Crippen molar-refractivity contribution in [1.82, 2.24) is 20.5 Å². The van der Waals surface area contributed by atoms with Gasteiger partial charge in [0.1, 0.15) is 5.75 Å². The number of aryl methyl sites for hydroxylation is 1. The van der Waals surface area contributed by atoms with Crippen molar-refractivity contribution in [2.24, 2.45) is 0 Å². The minimum atomic E-state index is -0.325. The zero-order valence-electron chi connectivity index (χ0n) is 21.3. The first-order valence-electron chi connectivity index (χ1n) is 12.6. The second kappa shape index (κ2) is 13.5. The summed E-state index contributed by atoms with van der Waals surface area (Å²) in [5.41, 5.74) is 3.10. The number of ether oxygens (including phenoxy) is 2. The molecule has 0 atom stereocenters. The number of hydrogen-bond acceptors (Lipinski definition) is 6. The number of pyridine rings is 1. The van der Waals surface area contributed by atoms with E-state index in [4.69, 9.17) is 14.5 Å². The molecule has 1 aliphatic rings. The molecule has 2 N–H and O–H groups in total. The van der Waals surface area contributed by atoms with Gasteiger partial charge in [-0.25, -0.2) is 4.79 Å². The Hall–Kier alpha value is -3.62. The summed E-state index contributed by atoms with van der Waals surface area (Å²) in [6.07, 6.45) is 1.56. The van der Waals surface area contributed by atoms with E-state index < -0.39 is 0 Å². The van der Waals surface area contributed by atoms with Crippen LogP contribution in [0.3, 0.4) is 0 Å². The number of carbonyl (C=O) groups excluding carboxylic acids is 3. The lowest BCUT2D eigenvalue weighted by Gasteiger charge is -2.32. The van der Waals surface area contributed by atoms with Gasteiger partial charge in [0.25, 0.3) is 5.91 Å². The summed E-state index contributed by atoms with van der Waals surface area (Å²) in [4.78, 5) is 43.5. The fraction of sp³-hybridized carbons (Fsp3) is 0.481. The molecule has 0 saturated carbocycles. The smallest absolute Gasteiger partial charge is 0.317 e. The number of para-hydroxylation sites is 1. The Bertz CT molecular complexity index is 1050. The number of esters is 1. The van der Waals surface area contributed by atoms with Crippen LogP contribution in [0, 0.1) is 6.92 Å². The van der Waals surface area contributed by atoms with E-state index in [1.807, 2.05) is 50.2 Å². The number of aromatic nitrogens is 1. The molecule has 0 bridgehead atoms. The van der Waals surface area contributed by atoms with Crippen LogP contribution in [0.15, 0.2) is 36.4 Å². The molecule has 194 valence electrons. The van der Waals surface area contributed by atoms with Crippen LogP contribution < -0.4 is 15.4 Å².